The Kier molecular flexibility index (Phi) is 7.32. The van der Waals surface area contributed by atoms with Gasteiger partial charge < -0.3 is 5.32 Å². The SMILES string of the molecule is CC(CC(=O)Nc1ccc(C(C)C)cc1)=NNC(=O)c1ccc(C(C)(C)C)cc1. The minimum atomic E-state index is -0.297. The van der Waals surface area contributed by atoms with E-state index >= 15 is 0 Å². The predicted octanol–water partition coefficient (Wildman–Crippen LogP) is 5.24. The van der Waals surface area contributed by atoms with Gasteiger partial charge in [0.1, 0.15) is 0 Å². The van der Waals surface area contributed by atoms with Gasteiger partial charge in [-0.25, -0.2) is 5.43 Å². The van der Waals surface area contributed by atoms with Gasteiger partial charge in [-0.3, -0.25) is 9.59 Å². The van der Waals surface area contributed by atoms with Crippen molar-refractivity contribution in [3.8, 4) is 0 Å². The lowest BCUT2D eigenvalue weighted by Gasteiger charge is -2.18. The van der Waals surface area contributed by atoms with Crippen molar-refractivity contribution in [2.75, 3.05) is 5.32 Å². The normalized spacial score (nSPS) is 12.0. The molecule has 5 nitrogen and oxygen atoms in total. The molecule has 154 valence electrons. The molecule has 2 N–H and O–H groups in total. The lowest BCUT2D eigenvalue weighted by molar-refractivity contribution is -0.115. The number of nitrogens with zero attached hydrogens (tertiary/aromatic N) is 1. The van der Waals surface area contributed by atoms with Crippen LogP contribution < -0.4 is 10.7 Å². The average molecular weight is 394 g/mol. The molecule has 0 atom stereocenters. The number of benzene rings is 2. The van der Waals surface area contributed by atoms with Crippen LogP contribution in [0.3, 0.4) is 0 Å². The molecule has 0 aromatic heterocycles. The number of rotatable bonds is 6. The number of carbonyl (C=O) groups is 2. The molecule has 0 saturated carbocycles. The Hall–Kier alpha value is -2.95. The fourth-order valence-corrected chi connectivity index (χ4v) is 2.76. The zero-order valence-corrected chi connectivity index (χ0v) is 18.2. The first kappa shape index (κ1) is 22.3. The van der Waals surface area contributed by atoms with Crippen LogP contribution in [-0.4, -0.2) is 17.5 Å². The van der Waals surface area contributed by atoms with Crippen molar-refractivity contribution in [2.24, 2.45) is 5.10 Å². The summed E-state index contributed by atoms with van der Waals surface area (Å²) in [5, 5.41) is 6.89. The molecule has 0 aliphatic carbocycles. The zero-order chi connectivity index (χ0) is 21.6. The molecule has 5 heteroatoms. The van der Waals surface area contributed by atoms with Crippen molar-refractivity contribution in [3.05, 3.63) is 65.2 Å². The van der Waals surface area contributed by atoms with Gasteiger partial charge in [-0.2, -0.15) is 5.10 Å². The quantitative estimate of drug-likeness (QED) is 0.520. The molecule has 0 spiro atoms. The maximum atomic E-state index is 12.3. The van der Waals surface area contributed by atoms with Crippen LogP contribution in [0.4, 0.5) is 5.69 Å². The van der Waals surface area contributed by atoms with E-state index in [4.69, 9.17) is 0 Å². The summed E-state index contributed by atoms with van der Waals surface area (Å²) in [6, 6.07) is 15.3. The molecule has 0 radical (unpaired) electrons. The standard InChI is InChI=1S/C24H31N3O2/c1-16(2)18-9-13-21(14-10-18)25-22(28)15-17(3)26-27-23(29)19-7-11-20(12-8-19)24(4,5)6/h7-14,16H,15H2,1-6H3,(H,25,28)(H,27,29). The van der Waals surface area contributed by atoms with Gasteiger partial charge >= 0.3 is 0 Å². The Morgan fingerprint density at radius 1 is 0.966 bits per heavy atom. The highest BCUT2D eigenvalue weighted by Crippen LogP contribution is 2.22. The van der Waals surface area contributed by atoms with Gasteiger partial charge in [-0.05, 0) is 53.6 Å². The third-order valence-electron chi connectivity index (χ3n) is 4.64. The smallest absolute Gasteiger partial charge is 0.271 e. The lowest BCUT2D eigenvalue weighted by atomic mass is 9.87. The van der Waals surface area contributed by atoms with Gasteiger partial charge in [0.25, 0.3) is 5.91 Å². The van der Waals surface area contributed by atoms with E-state index in [1.165, 1.54) is 5.56 Å². The Morgan fingerprint density at radius 2 is 1.55 bits per heavy atom. The molecular weight excluding hydrogens is 362 g/mol. The number of hydrazone groups is 1. The lowest BCUT2D eigenvalue weighted by Crippen LogP contribution is -2.21. The van der Waals surface area contributed by atoms with Crippen LogP contribution in [0.1, 0.15) is 75.4 Å². The number of amides is 2. The fourth-order valence-electron chi connectivity index (χ4n) is 2.76. The first-order valence-electron chi connectivity index (χ1n) is 9.90. The van der Waals surface area contributed by atoms with Crippen LogP contribution in [0.15, 0.2) is 53.6 Å². The summed E-state index contributed by atoms with van der Waals surface area (Å²) in [6.45, 7) is 12.3. The molecule has 0 unspecified atom stereocenters. The van der Waals surface area contributed by atoms with Gasteiger partial charge in [-0.1, -0.05) is 58.9 Å². The van der Waals surface area contributed by atoms with E-state index in [-0.39, 0.29) is 23.7 Å². The number of hydrogen-bond donors (Lipinski definition) is 2. The molecule has 2 aromatic rings. The number of nitrogens with one attached hydrogen (secondary N) is 2. The topological polar surface area (TPSA) is 70.6 Å². The van der Waals surface area contributed by atoms with E-state index in [1.807, 2.05) is 36.4 Å². The number of carbonyl (C=O) groups excluding carboxylic acids is 2. The summed E-state index contributed by atoms with van der Waals surface area (Å²) >= 11 is 0. The Labute approximate surface area is 173 Å². The first-order valence-corrected chi connectivity index (χ1v) is 9.90. The van der Waals surface area contributed by atoms with Crippen molar-refractivity contribution in [1.82, 2.24) is 5.43 Å². The Bertz CT molecular complexity index is 874. The molecule has 0 heterocycles. The highest BCUT2D eigenvalue weighted by molar-refractivity contribution is 6.06. The predicted molar refractivity (Wildman–Crippen MR) is 119 cm³/mol. The van der Waals surface area contributed by atoms with E-state index in [0.717, 1.165) is 11.3 Å². The van der Waals surface area contributed by atoms with Crippen LogP contribution in [0.2, 0.25) is 0 Å². The van der Waals surface area contributed by atoms with Gasteiger partial charge in [-0.15, -0.1) is 0 Å². The molecule has 2 amide bonds. The van der Waals surface area contributed by atoms with Crippen LogP contribution in [-0.2, 0) is 10.2 Å². The van der Waals surface area contributed by atoms with Gasteiger partial charge in [0.2, 0.25) is 5.91 Å². The van der Waals surface area contributed by atoms with Crippen LogP contribution in [0.5, 0.6) is 0 Å². The molecule has 0 bridgehead atoms. The summed E-state index contributed by atoms with van der Waals surface area (Å²) in [4.78, 5) is 24.4. The highest BCUT2D eigenvalue weighted by atomic mass is 16.2. The maximum absolute atomic E-state index is 12.3. The summed E-state index contributed by atoms with van der Waals surface area (Å²) < 4.78 is 0. The van der Waals surface area contributed by atoms with Crippen molar-refractivity contribution in [2.45, 2.75) is 59.3 Å². The monoisotopic (exact) mass is 393 g/mol. The Balaban J connectivity index is 1.88. The van der Waals surface area contributed by atoms with Crippen LogP contribution in [0.25, 0.3) is 0 Å². The van der Waals surface area contributed by atoms with E-state index in [9.17, 15) is 9.59 Å². The largest absolute Gasteiger partial charge is 0.326 e. The minimum Gasteiger partial charge on any atom is -0.326 e. The minimum absolute atomic E-state index is 0.0339. The van der Waals surface area contributed by atoms with Crippen LogP contribution in [0, 0.1) is 0 Å². The van der Waals surface area contributed by atoms with Crippen molar-refractivity contribution in [1.29, 1.82) is 0 Å². The molecule has 2 aromatic carbocycles. The molecule has 2 rings (SSSR count). The third-order valence-corrected chi connectivity index (χ3v) is 4.64. The summed E-state index contributed by atoms with van der Waals surface area (Å²) in [5.74, 6) is -0.0239. The van der Waals surface area contributed by atoms with E-state index < -0.39 is 0 Å². The van der Waals surface area contributed by atoms with Crippen molar-refractivity contribution < 1.29 is 9.59 Å². The molecule has 0 fully saturated rings. The second kappa shape index (κ2) is 9.50. The molecule has 0 saturated heterocycles. The fraction of sp³-hybridized carbons (Fsp3) is 0.375. The third kappa shape index (κ3) is 6.86. The van der Waals surface area contributed by atoms with Gasteiger partial charge in [0, 0.05) is 17.0 Å². The zero-order valence-electron chi connectivity index (χ0n) is 18.2. The highest BCUT2D eigenvalue weighted by Gasteiger charge is 2.14. The summed E-state index contributed by atoms with van der Waals surface area (Å²) in [5.41, 5.74) is 6.74. The van der Waals surface area contributed by atoms with Crippen LogP contribution >= 0.6 is 0 Å². The number of anilines is 1. The summed E-state index contributed by atoms with van der Waals surface area (Å²) in [6.07, 6.45) is 0.106. The Morgan fingerprint density at radius 3 is 2.07 bits per heavy atom. The van der Waals surface area contributed by atoms with Crippen molar-refractivity contribution in [3.63, 3.8) is 0 Å². The molecule has 0 aliphatic heterocycles. The second-order valence-electron chi connectivity index (χ2n) is 8.62. The van der Waals surface area contributed by atoms with E-state index in [1.54, 1.807) is 19.1 Å². The van der Waals surface area contributed by atoms with Gasteiger partial charge in [0.05, 0.1) is 6.42 Å². The van der Waals surface area contributed by atoms with E-state index in [2.05, 4.69) is 50.5 Å². The molecular formula is C24H31N3O2. The number of hydrogen-bond acceptors (Lipinski definition) is 3. The molecule has 29 heavy (non-hydrogen) atoms. The first-order chi connectivity index (χ1) is 13.6. The summed E-state index contributed by atoms with van der Waals surface area (Å²) in [7, 11) is 0. The average Bonchev–Trinajstić information content (AvgIpc) is 2.65. The van der Waals surface area contributed by atoms with Gasteiger partial charge in [0.15, 0.2) is 0 Å². The molecule has 0 aliphatic rings. The maximum Gasteiger partial charge on any atom is 0.271 e. The second-order valence-corrected chi connectivity index (χ2v) is 8.62. The van der Waals surface area contributed by atoms with Crippen molar-refractivity contribution >= 4 is 23.2 Å². The van der Waals surface area contributed by atoms with E-state index in [0.29, 0.717) is 17.2 Å².